The van der Waals surface area contributed by atoms with Gasteiger partial charge in [0.05, 0.1) is 4.90 Å². The first-order valence-corrected chi connectivity index (χ1v) is 8.87. The highest BCUT2D eigenvalue weighted by atomic mass is 32.2. The number of esters is 1. The standard InChI is InChI=1S/C15H17N3O7S/c1-11-3-5-14(6-4-11)26(22,23)24-9-13(25-12(2)19)8-17-10-16-7-15(17)18(20)21/h3-7,10,13H,8-9H2,1-2H3. The van der Waals surface area contributed by atoms with Gasteiger partial charge in [-0.2, -0.15) is 8.42 Å². The molecule has 10 nitrogen and oxygen atoms in total. The second-order valence-electron chi connectivity index (χ2n) is 5.44. The lowest BCUT2D eigenvalue weighted by Gasteiger charge is -2.16. The summed E-state index contributed by atoms with van der Waals surface area (Å²) in [4.78, 5) is 25.1. The quantitative estimate of drug-likeness (QED) is 0.290. The molecule has 0 spiro atoms. The fourth-order valence-electron chi connectivity index (χ4n) is 2.12. The average molecular weight is 383 g/mol. The van der Waals surface area contributed by atoms with Gasteiger partial charge in [0, 0.05) is 6.92 Å². The zero-order valence-corrected chi connectivity index (χ0v) is 14.9. The number of rotatable bonds is 8. The van der Waals surface area contributed by atoms with Crippen LogP contribution in [0.5, 0.6) is 0 Å². The predicted octanol–water partition coefficient (Wildman–Crippen LogP) is 1.44. The van der Waals surface area contributed by atoms with E-state index in [1.807, 2.05) is 6.92 Å². The Morgan fingerprint density at radius 2 is 2.00 bits per heavy atom. The Hall–Kier alpha value is -2.79. The molecule has 0 amide bonds. The summed E-state index contributed by atoms with van der Waals surface area (Å²) in [6.45, 7) is 2.28. The molecular formula is C15H17N3O7S. The molecule has 26 heavy (non-hydrogen) atoms. The highest BCUT2D eigenvalue weighted by Crippen LogP contribution is 2.16. The van der Waals surface area contributed by atoms with E-state index in [-0.39, 0.29) is 17.3 Å². The molecule has 1 unspecified atom stereocenters. The number of aromatic nitrogens is 2. The van der Waals surface area contributed by atoms with Crippen molar-refractivity contribution in [2.45, 2.75) is 31.4 Å². The van der Waals surface area contributed by atoms with Gasteiger partial charge in [-0.3, -0.25) is 8.98 Å². The van der Waals surface area contributed by atoms with Crippen LogP contribution in [0, 0.1) is 17.0 Å². The predicted molar refractivity (Wildman–Crippen MR) is 88.8 cm³/mol. The summed E-state index contributed by atoms with van der Waals surface area (Å²) >= 11 is 0. The summed E-state index contributed by atoms with van der Waals surface area (Å²) in [6.07, 6.45) is 1.17. The second kappa shape index (κ2) is 8.06. The summed E-state index contributed by atoms with van der Waals surface area (Å²) in [7, 11) is -4.06. The Kier molecular flexibility index (Phi) is 6.05. The van der Waals surface area contributed by atoms with Crippen LogP contribution in [0.1, 0.15) is 12.5 Å². The fourth-order valence-corrected chi connectivity index (χ4v) is 3.06. The van der Waals surface area contributed by atoms with Gasteiger partial charge in [0.25, 0.3) is 10.1 Å². The molecule has 0 aliphatic heterocycles. The van der Waals surface area contributed by atoms with Gasteiger partial charge < -0.3 is 14.9 Å². The van der Waals surface area contributed by atoms with Crippen molar-refractivity contribution in [1.82, 2.24) is 9.55 Å². The molecule has 2 aromatic rings. The summed E-state index contributed by atoms with van der Waals surface area (Å²) in [5.74, 6) is -0.988. The first kappa shape index (κ1) is 19.5. The number of nitrogens with zero attached hydrogens (tertiary/aromatic N) is 3. The highest BCUT2D eigenvalue weighted by Gasteiger charge is 2.24. The first-order valence-electron chi connectivity index (χ1n) is 7.47. The molecule has 11 heteroatoms. The maximum atomic E-state index is 12.2. The van der Waals surface area contributed by atoms with Crippen molar-refractivity contribution in [2.24, 2.45) is 0 Å². The van der Waals surface area contributed by atoms with Crippen molar-refractivity contribution >= 4 is 21.9 Å². The number of nitro groups is 1. The smallest absolute Gasteiger partial charge is 0.342 e. The Labute approximate surface area is 149 Å². The highest BCUT2D eigenvalue weighted by molar-refractivity contribution is 7.86. The van der Waals surface area contributed by atoms with Gasteiger partial charge in [0.15, 0.2) is 12.4 Å². The van der Waals surface area contributed by atoms with Crippen LogP contribution < -0.4 is 0 Å². The van der Waals surface area contributed by atoms with Crippen molar-refractivity contribution in [3.63, 3.8) is 0 Å². The third kappa shape index (κ3) is 5.10. The van der Waals surface area contributed by atoms with E-state index in [0.717, 1.165) is 23.3 Å². The van der Waals surface area contributed by atoms with E-state index in [2.05, 4.69) is 4.98 Å². The summed E-state index contributed by atoms with van der Waals surface area (Å²) in [6, 6.07) is 6.03. The molecule has 0 aliphatic carbocycles. The topological polar surface area (TPSA) is 131 Å². The third-order valence-electron chi connectivity index (χ3n) is 3.33. The van der Waals surface area contributed by atoms with Gasteiger partial charge in [-0.25, -0.2) is 9.55 Å². The van der Waals surface area contributed by atoms with E-state index >= 15 is 0 Å². The minimum Gasteiger partial charge on any atom is -0.456 e. The zero-order chi connectivity index (χ0) is 19.3. The van der Waals surface area contributed by atoms with Crippen LogP contribution in [0.15, 0.2) is 41.7 Å². The Morgan fingerprint density at radius 3 is 2.58 bits per heavy atom. The first-order chi connectivity index (χ1) is 12.2. The van der Waals surface area contributed by atoms with Crippen LogP contribution in [-0.4, -0.2) is 41.6 Å². The molecule has 0 bridgehead atoms. The van der Waals surface area contributed by atoms with Crippen LogP contribution in [0.2, 0.25) is 0 Å². The average Bonchev–Trinajstić information content (AvgIpc) is 3.01. The molecule has 0 radical (unpaired) electrons. The Morgan fingerprint density at radius 1 is 1.35 bits per heavy atom. The van der Waals surface area contributed by atoms with E-state index in [4.69, 9.17) is 8.92 Å². The van der Waals surface area contributed by atoms with Gasteiger partial charge in [0.1, 0.15) is 19.3 Å². The lowest BCUT2D eigenvalue weighted by atomic mass is 10.2. The summed E-state index contributed by atoms with van der Waals surface area (Å²) in [5.41, 5.74) is 0.883. The molecule has 0 fully saturated rings. The largest absolute Gasteiger partial charge is 0.456 e. The summed E-state index contributed by atoms with van der Waals surface area (Å²) < 4.78 is 35.5. The Balaban J connectivity index is 2.12. The van der Waals surface area contributed by atoms with Gasteiger partial charge in [-0.1, -0.05) is 17.7 Å². The monoisotopic (exact) mass is 383 g/mol. The minimum atomic E-state index is -4.06. The van der Waals surface area contributed by atoms with Crippen molar-refractivity contribution in [2.75, 3.05) is 6.61 Å². The van der Waals surface area contributed by atoms with Crippen molar-refractivity contribution in [1.29, 1.82) is 0 Å². The van der Waals surface area contributed by atoms with Crippen molar-refractivity contribution in [3.05, 3.63) is 52.5 Å². The van der Waals surface area contributed by atoms with E-state index < -0.39 is 33.7 Å². The molecule has 0 aliphatic rings. The summed E-state index contributed by atoms with van der Waals surface area (Å²) in [5, 5.41) is 10.9. The van der Waals surface area contributed by atoms with Gasteiger partial charge >= 0.3 is 11.8 Å². The lowest BCUT2D eigenvalue weighted by Crippen LogP contribution is -2.29. The SMILES string of the molecule is CC(=O)OC(COS(=O)(=O)c1ccc(C)cc1)Cn1cncc1[N+](=O)[O-]. The number of carbonyl (C=O) groups is 1. The minimum absolute atomic E-state index is 0.0433. The number of imidazole rings is 1. The third-order valence-corrected chi connectivity index (χ3v) is 4.62. The number of carbonyl (C=O) groups excluding carboxylic acids is 1. The molecule has 2 rings (SSSR count). The molecule has 0 N–H and O–H groups in total. The lowest BCUT2D eigenvalue weighted by molar-refractivity contribution is -0.392. The molecule has 1 aromatic carbocycles. The normalized spacial score (nSPS) is 12.5. The molecule has 1 heterocycles. The fraction of sp³-hybridized carbons (Fsp3) is 0.333. The number of ether oxygens (including phenoxy) is 1. The van der Waals surface area contributed by atoms with E-state index in [0.29, 0.717) is 0 Å². The van der Waals surface area contributed by atoms with Crippen LogP contribution in [0.3, 0.4) is 0 Å². The van der Waals surface area contributed by atoms with Crippen LogP contribution in [0.4, 0.5) is 5.82 Å². The maximum absolute atomic E-state index is 12.2. The molecule has 1 aromatic heterocycles. The van der Waals surface area contributed by atoms with Gasteiger partial charge in [-0.05, 0) is 24.0 Å². The van der Waals surface area contributed by atoms with Crippen LogP contribution in [0.25, 0.3) is 0 Å². The van der Waals surface area contributed by atoms with Crippen molar-refractivity contribution in [3.8, 4) is 0 Å². The maximum Gasteiger partial charge on any atom is 0.342 e. The van der Waals surface area contributed by atoms with Gasteiger partial charge in [-0.15, -0.1) is 0 Å². The number of hydrogen-bond donors (Lipinski definition) is 0. The van der Waals surface area contributed by atoms with E-state index in [9.17, 15) is 23.3 Å². The number of benzene rings is 1. The zero-order valence-electron chi connectivity index (χ0n) is 14.1. The second-order valence-corrected chi connectivity index (χ2v) is 7.06. The Bertz CT molecular complexity index is 890. The molecule has 0 saturated heterocycles. The van der Waals surface area contributed by atoms with Crippen LogP contribution in [-0.2, 0) is 30.4 Å². The van der Waals surface area contributed by atoms with Gasteiger partial charge in [0.2, 0.25) is 0 Å². The number of aryl methyl sites for hydroxylation is 1. The molecule has 0 saturated carbocycles. The van der Waals surface area contributed by atoms with Crippen molar-refractivity contribution < 1.29 is 27.1 Å². The van der Waals surface area contributed by atoms with E-state index in [1.54, 1.807) is 12.1 Å². The molecule has 140 valence electrons. The van der Waals surface area contributed by atoms with Crippen LogP contribution >= 0.6 is 0 Å². The molecular weight excluding hydrogens is 366 g/mol. The van der Waals surface area contributed by atoms with E-state index in [1.165, 1.54) is 18.5 Å². The number of hydrogen-bond acceptors (Lipinski definition) is 8. The molecule has 1 atom stereocenters.